The summed E-state index contributed by atoms with van der Waals surface area (Å²) in [5, 5.41) is 5.81. The van der Waals surface area contributed by atoms with Crippen molar-refractivity contribution < 1.29 is 9.59 Å². The molecule has 0 saturated heterocycles. The first-order chi connectivity index (χ1) is 9.22. The zero-order chi connectivity index (χ0) is 13.2. The summed E-state index contributed by atoms with van der Waals surface area (Å²) in [7, 11) is 0. The molecular formula is C15H18N2O2. The van der Waals surface area contributed by atoms with Gasteiger partial charge in [-0.25, -0.2) is 0 Å². The lowest BCUT2D eigenvalue weighted by Crippen LogP contribution is -2.28. The Bertz CT molecular complexity index is 519. The van der Waals surface area contributed by atoms with Gasteiger partial charge in [0.2, 0.25) is 11.8 Å². The first kappa shape index (κ1) is 12.2. The number of benzene rings is 1. The lowest BCUT2D eigenvalue weighted by Gasteiger charge is -2.11. The van der Waals surface area contributed by atoms with Crippen LogP contribution in [0.5, 0.6) is 0 Å². The number of carbonyl (C=O) groups is 2. The molecule has 0 aromatic heterocycles. The van der Waals surface area contributed by atoms with Gasteiger partial charge < -0.3 is 10.6 Å². The number of hydrogen-bond acceptors (Lipinski definition) is 2. The van der Waals surface area contributed by atoms with Crippen LogP contribution in [0.2, 0.25) is 0 Å². The SMILES string of the molecule is O=C1Cc2cc(CNC(=O)C3CCCC3)ccc2N1. The molecule has 2 amide bonds. The van der Waals surface area contributed by atoms with Crippen LogP contribution in [-0.2, 0) is 22.6 Å². The van der Waals surface area contributed by atoms with Gasteiger partial charge in [-0.2, -0.15) is 0 Å². The average molecular weight is 258 g/mol. The highest BCUT2D eigenvalue weighted by Gasteiger charge is 2.22. The fraction of sp³-hybridized carbons (Fsp3) is 0.467. The molecular weight excluding hydrogens is 240 g/mol. The Kier molecular flexibility index (Phi) is 3.23. The van der Waals surface area contributed by atoms with Crippen LogP contribution in [0.15, 0.2) is 18.2 Å². The van der Waals surface area contributed by atoms with E-state index >= 15 is 0 Å². The molecule has 1 aliphatic carbocycles. The predicted octanol–water partition coefficient (Wildman–Crippen LogP) is 1.99. The minimum absolute atomic E-state index is 0.0436. The molecule has 0 bridgehead atoms. The van der Waals surface area contributed by atoms with Crippen LogP contribution < -0.4 is 10.6 Å². The Balaban J connectivity index is 1.60. The molecule has 1 saturated carbocycles. The Morgan fingerprint density at radius 3 is 2.89 bits per heavy atom. The molecule has 0 spiro atoms. The summed E-state index contributed by atoms with van der Waals surface area (Å²) in [5.41, 5.74) is 2.98. The van der Waals surface area contributed by atoms with E-state index in [1.807, 2.05) is 18.2 Å². The normalized spacial score (nSPS) is 18.2. The molecule has 4 nitrogen and oxygen atoms in total. The number of anilines is 1. The number of amides is 2. The van der Waals surface area contributed by atoms with E-state index in [1.54, 1.807) is 0 Å². The Morgan fingerprint density at radius 2 is 2.11 bits per heavy atom. The maximum absolute atomic E-state index is 11.9. The number of carbonyl (C=O) groups excluding carboxylic acids is 2. The van der Waals surface area contributed by atoms with Crippen LogP contribution in [0, 0.1) is 5.92 Å². The molecule has 1 fully saturated rings. The standard InChI is InChI=1S/C15H18N2O2/c18-14-8-12-7-10(5-6-13(12)17-14)9-16-15(19)11-3-1-2-4-11/h5-7,11H,1-4,8-9H2,(H,16,19)(H,17,18). The molecule has 0 atom stereocenters. The fourth-order valence-corrected chi connectivity index (χ4v) is 2.91. The van der Waals surface area contributed by atoms with Crippen molar-refractivity contribution in [3.8, 4) is 0 Å². The maximum atomic E-state index is 11.9. The van der Waals surface area contributed by atoms with Crippen LogP contribution in [0.4, 0.5) is 5.69 Å². The third-order valence-corrected chi connectivity index (χ3v) is 3.99. The van der Waals surface area contributed by atoms with E-state index in [9.17, 15) is 9.59 Å². The van der Waals surface area contributed by atoms with Gasteiger partial charge >= 0.3 is 0 Å². The van der Waals surface area contributed by atoms with Crippen LogP contribution in [0.1, 0.15) is 36.8 Å². The smallest absolute Gasteiger partial charge is 0.228 e. The highest BCUT2D eigenvalue weighted by atomic mass is 16.2. The van der Waals surface area contributed by atoms with Crippen molar-refractivity contribution in [1.82, 2.24) is 5.32 Å². The van der Waals surface area contributed by atoms with Crippen LogP contribution in [0.25, 0.3) is 0 Å². The first-order valence-electron chi connectivity index (χ1n) is 6.92. The highest BCUT2D eigenvalue weighted by Crippen LogP contribution is 2.25. The van der Waals surface area contributed by atoms with Gasteiger partial charge in [-0.1, -0.05) is 25.0 Å². The Morgan fingerprint density at radius 1 is 1.32 bits per heavy atom. The lowest BCUT2D eigenvalue weighted by atomic mass is 10.1. The minimum Gasteiger partial charge on any atom is -0.352 e. The van der Waals surface area contributed by atoms with Gasteiger partial charge in [0, 0.05) is 18.2 Å². The van der Waals surface area contributed by atoms with Gasteiger partial charge in [-0.3, -0.25) is 9.59 Å². The fourth-order valence-electron chi connectivity index (χ4n) is 2.91. The molecule has 0 unspecified atom stereocenters. The largest absolute Gasteiger partial charge is 0.352 e. The topological polar surface area (TPSA) is 58.2 Å². The van der Waals surface area contributed by atoms with E-state index < -0.39 is 0 Å². The molecule has 3 rings (SSSR count). The van der Waals surface area contributed by atoms with Gasteiger partial charge in [-0.05, 0) is 30.0 Å². The van der Waals surface area contributed by atoms with Crippen molar-refractivity contribution in [3.63, 3.8) is 0 Å². The van der Waals surface area contributed by atoms with Crippen molar-refractivity contribution in [2.75, 3.05) is 5.32 Å². The third kappa shape index (κ3) is 2.62. The molecule has 1 aromatic rings. The van der Waals surface area contributed by atoms with Gasteiger partial charge in [-0.15, -0.1) is 0 Å². The van der Waals surface area contributed by atoms with E-state index in [1.165, 1.54) is 12.8 Å². The summed E-state index contributed by atoms with van der Waals surface area (Å²) in [4.78, 5) is 23.2. The molecule has 2 aliphatic rings. The second-order valence-electron chi connectivity index (χ2n) is 5.42. The zero-order valence-corrected chi connectivity index (χ0v) is 10.9. The highest BCUT2D eigenvalue weighted by molar-refractivity contribution is 5.99. The summed E-state index contributed by atoms with van der Waals surface area (Å²) < 4.78 is 0. The van der Waals surface area contributed by atoms with Crippen LogP contribution in [0.3, 0.4) is 0 Å². The predicted molar refractivity (Wildman–Crippen MR) is 72.6 cm³/mol. The summed E-state index contributed by atoms with van der Waals surface area (Å²) in [5.74, 6) is 0.423. The number of rotatable bonds is 3. The number of fused-ring (bicyclic) bond motifs is 1. The van der Waals surface area contributed by atoms with Crippen molar-refractivity contribution in [3.05, 3.63) is 29.3 Å². The average Bonchev–Trinajstić information content (AvgIpc) is 3.03. The van der Waals surface area contributed by atoms with Gasteiger partial charge in [0.1, 0.15) is 0 Å². The molecule has 1 aliphatic heterocycles. The molecule has 0 radical (unpaired) electrons. The summed E-state index contributed by atoms with van der Waals surface area (Å²) >= 11 is 0. The molecule has 2 N–H and O–H groups in total. The second kappa shape index (κ2) is 5.03. The zero-order valence-electron chi connectivity index (χ0n) is 10.9. The molecule has 4 heteroatoms. The summed E-state index contributed by atoms with van der Waals surface area (Å²) in [6.07, 6.45) is 4.83. The summed E-state index contributed by atoms with van der Waals surface area (Å²) in [6.45, 7) is 0.552. The third-order valence-electron chi connectivity index (χ3n) is 3.99. The Hall–Kier alpha value is -1.84. The van der Waals surface area contributed by atoms with Gasteiger partial charge in [0.25, 0.3) is 0 Å². The molecule has 19 heavy (non-hydrogen) atoms. The number of nitrogens with one attached hydrogen (secondary N) is 2. The molecule has 1 heterocycles. The first-order valence-corrected chi connectivity index (χ1v) is 6.92. The van der Waals surface area contributed by atoms with Gasteiger partial charge in [0.15, 0.2) is 0 Å². The van der Waals surface area contributed by atoms with Crippen molar-refractivity contribution >= 4 is 17.5 Å². The molecule has 1 aromatic carbocycles. The van der Waals surface area contributed by atoms with E-state index in [0.717, 1.165) is 29.7 Å². The van der Waals surface area contributed by atoms with Crippen molar-refractivity contribution in [2.24, 2.45) is 5.92 Å². The van der Waals surface area contributed by atoms with Crippen molar-refractivity contribution in [2.45, 2.75) is 38.6 Å². The van der Waals surface area contributed by atoms with E-state index in [2.05, 4.69) is 10.6 Å². The summed E-state index contributed by atoms with van der Waals surface area (Å²) in [6, 6.07) is 5.87. The van der Waals surface area contributed by atoms with E-state index in [4.69, 9.17) is 0 Å². The quantitative estimate of drug-likeness (QED) is 0.871. The van der Waals surface area contributed by atoms with Crippen molar-refractivity contribution in [1.29, 1.82) is 0 Å². The number of hydrogen-bond donors (Lipinski definition) is 2. The monoisotopic (exact) mass is 258 g/mol. The maximum Gasteiger partial charge on any atom is 0.228 e. The molecule has 100 valence electrons. The van der Waals surface area contributed by atoms with E-state index in [-0.39, 0.29) is 17.7 Å². The second-order valence-corrected chi connectivity index (χ2v) is 5.42. The minimum atomic E-state index is 0.0436. The van der Waals surface area contributed by atoms with Gasteiger partial charge in [0.05, 0.1) is 6.42 Å². The van der Waals surface area contributed by atoms with Crippen LogP contribution >= 0.6 is 0 Å². The van der Waals surface area contributed by atoms with E-state index in [0.29, 0.717) is 13.0 Å². The van der Waals surface area contributed by atoms with Crippen LogP contribution in [-0.4, -0.2) is 11.8 Å². The lowest BCUT2D eigenvalue weighted by molar-refractivity contribution is -0.125. The Labute approximate surface area is 112 Å².